The molecule has 1 aliphatic heterocycles. The van der Waals surface area contributed by atoms with E-state index in [1.54, 1.807) is 0 Å². The van der Waals surface area contributed by atoms with E-state index in [9.17, 15) is 4.79 Å². The Morgan fingerprint density at radius 2 is 1.94 bits per heavy atom. The number of carboxylic acids is 1. The molecule has 16 heavy (non-hydrogen) atoms. The van der Waals surface area contributed by atoms with Crippen molar-refractivity contribution in [2.24, 2.45) is 0 Å². The molecule has 1 fully saturated rings. The van der Waals surface area contributed by atoms with Gasteiger partial charge in [0, 0.05) is 18.6 Å². The summed E-state index contributed by atoms with van der Waals surface area (Å²) < 4.78 is 0. The number of rotatable bonds is 6. The zero-order valence-corrected chi connectivity index (χ0v) is 10.4. The molecule has 0 aliphatic carbocycles. The van der Waals surface area contributed by atoms with E-state index in [4.69, 9.17) is 5.11 Å². The van der Waals surface area contributed by atoms with Gasteiger partial charge in [-0.25, -0.2) is 0 Å². The molecule has 4 nitrogen and oxygen atoms in total. The zero-order chi connectivity index (χ0) is 12.0. The maximum Gasteiger partial charge on any atom is 0.304 e. The van der Waals surface area contributed by atoms with Crippen LogP contribution in [0, 0.1) is 0 Å². The number of hydrogen-bond donors (Lipinski definition) is 2. The highest BCUT2D eigenvalue weighted by Gasteiger charge is 2.17. The number of aliphatic carboxylic acids is 1. The van der Waals surface area contributed by atoms with Crippen LogP contribution >= 0.6 is 0 Å². The van der Waals surface area contributed by atoms with E-state index < -0.39 is 5.97 Å². The maximum atomic E-state index is 10.5. The molecule has 1 heterocycles. The van der Waals surface area contributed by atoms with Crippen LogP contribution in [0.25, 0.3) is 0 Å². The SMILES string of the molecule is CC(CC(=O)O)NCC(C)N1CCCCC1. The molecule has 4 heteroatoms. The lowest BCUT2D eigenvalue weighted by atomic mass is 10.1. The summed E-state index contributed by atoms with van der Waals surface area (Å²) in [6.07, 6.45) is 4.16. The number of carbonyl (C=O) groups is 1. The van der Waals surface area contributed by atoms with Gasteiger partial charge in [-0.1, -0.05) is 6.42 Å². The van der Waals surface area contributed by atoms with E-state index >= 15 is 0 Å². The Labute approximate surface area is 98.0 Å². The summed E-state index contributed by atoms with van der Waals surface area (Å²) in [7, 11) is 0. The van der Waals surface area contributed by atoms with Gasteiger partial charge < -0.3 is 10.4 Å². The predicted octanol–water partition coefficient (Wildman–Crippen LogP) is 1.31. The van der Waals surface area contributed by atoms with Crippen LogP contribution in [0.15, 0.2) is 0 Å². The molecule has 0 bridgehead atoms. The third-order valence-electron chi connectivity index (χ3n) is 3.26. The minimum Gasteiger partial charge on any atom is -0.481 e. The fraction of sp³-hybridized carbons (Fsp3) is 0.917. The minimum absolute atomic E-state index is 0.0599. The van der Waals surface area contributed by atoms with Crippen LogP contribution in [0.2, 0.25) is 0 Å². The third-order valence-corrected chi connectivity index (χ3v) is 3.26. The molecule has 2 atom stereocenters. The van der Waals surface area contributed by atoms with Crippen molar-refractivity contribution in [1.82, 2.24) is 10.2 Å². The lowest BCUT2D eigenvalue weighted by Crippen LogP contribution is -2.45. The second-order valence-electron chi connectivity index (χ2n) is 4.85. The molecule has 1 saturated heterocycles. The van der Waals surface area contributed by atoms with Crippen LogP contribution in [0.4, 0.5) is 0 Å². The lowest BCUT2D eigenvalue weighted by Gasteiger charge is -2.33. The standard InChI is InChI=1S/C12H24N2O2/c1-10(8-12(15)16)13-9-11(2)14-6-4-3-5-7-14/h10-11,13H,3-9H2,1-2H3,(H,15,16). The summed E-state index contributed by atoms with van der Waals surface area (Å²) in [5, 5.41) is 11.9. The average Bonchev–Trinajstić information content (AvgIpc) is 2.26. The topological polar surface area (TPSA) is 52.6 Å². The van der Waals surface area contributed by atoms with Crippen molar-refractivity contribution in [3.05, 3.63) is 0 Å². The summed E-state index contributed by atoms with van der Waals surface area (Å²) in [4.78, 5) is 13.0. The van der Waals surface area contributed by atoms with Gasteiger partial charge in [0.1, 0.15) is 0 Å². The molecule has 0 spiro atoms. The van der Waals surface area contributed by atoms with Crippen LogP contribution in [0.3, 0.4) is 0 Å². The van der Waals surface area contributed by atoms with Crippen LogP contribution in [-0.2, 0) is 4.79 Å². The molecule has 94 valence electrons. The molecule has 0 aromatic heterocycles. The van der Waals surface area contributed by atoms with Gasteiger partial charge in [-0.15, -0.1) is 0 Å². The van der Waals surface area contributed by atoms with Gasteiger partial charge in [0.25, 0.3) is 0 Å². The molecule has 2 unspecified atom stereocenters. The maximum absolute atomic E-state index is 10.5. The highest BCUT2D eigenvalue weighted by Crippen LogP contribution is 2.11. The Morgan fingerprint density at radius 1 is 1.31 bits per heavy atom. The van der Waals surface area contributed by atoms with Crippen LogP contribution < -0.4 is 5.32 Å². The van der Waals surface area contributed by atoms with Gasteiger partial charge in [0.15, 0.2) is 0 Å². The summed E-state index contributed by atoms with van der Waals surface area (Å²) in [6, 6.07) is 0.571. The van der Waals surface area contributed by atoms with Gasteiger partial charge in [0.05, 0.1) is 6.42 Å². The Kier molecular flexibility index (Phi) is 5.77. The van der Waals surface area contributed by atoms with E-state index in [0.29, 0.717) is 6.04 Å². The smallest absolute Gasteiger partial charge is 0.304 e. The highest BCUT2D eigenvalue weighted by atomic mass is 16.4. The molecule has 2 N–H and O–H groups in total. The fourth-order valence-corrected chi connectivity index (χ4v) is 2.19. The summed E-state index contributed by atoms with van der Waals surface area (Å²) in [5.41, 5.74) is 0. The Balaban J connectivity index is 2.17. The third kappa shape index (κ3) is 4.94. The first kappa shape index (κ1) is 13.5. The largest absolute Gasteiger partial charge is 0.481 e. The normalized spacial score (nSPS) is 21.6. The molecule has 1 rings (SSSR count). The highest BCUT2D eigenvalue weighted by molar-refractivity contribution is 5.67. The van der Waals surface area contributed by atoms with Crippen molar-refractivity contribution in [2.75, 3.05) is 19.6 Å². The summed E-state index contributed by atoms with van der Waals surface area (Å²) in [5.74, 6) is -0.731. The first-order valence-corrected chi connectivity index (χ1v) is 6.29. The molecule has 0 aromatic carbocycles. The second-order valence-corrected chi connectivity index (χ2v) is 4.85. The van der Waals surface area contributed by atoms with E-state index in [2.05, 4.69) is 17.1 Å². The van der Waals surface area contributed by atoms with Gasteiger partial charge in [-0.3, -0.25) is 9.69 Å². The molecular formula is C12H24N2O2. The molecule has 0 saturated carbocycles. The van der Waals surface area contributed by atoms with Gasteiger partial charge in [-0.2, -0.15) is 0 Å². The Hall–Kier alpha value is -0.610. The quantitative estimate of drug-likeness (QED) is 0.720. The van der Waals surface area contributed by atoms with Gasteiger partial charge >= 0.3 is 5.97 Å². The molecule has 0 radical (unpaired) electrons. The molecule has 0 aromatic rings. The van der Waals surface area contributed by atoms with Crippen molar-refractivity contribution in [3.63, 3.8) is 0 Å². The average molecular weight is 228 g/mol. The van der Waals surface area contributed by atoms with Crippen LogP contribution in [0.1, 0.15) is 39.5 Å². The van der Waals surface area contributed by atoms with Crippen molar-refractivity contribution >= 4 is 5.97 Å². The second kappa shape index (κ2) is 6.86. The molecule has 0 amide bonds. The zero-order valence-electron chi connectivity index (χ0n) is 10.4. The van der Waals surface area contributed by atoms with Crippen molar-refractivity contribution in [2.45, 2.75) is 51.6 Å². The van der Waals surface area contributed by atoms with Crippen LogP contribution in [-0.4, -0.2) is 47.7 Å². The van der Waals surface area contributed by atoms with Crippen molar-refractivity contribution in [3.8, 4) is 0 Å². The van der Waals surface area contributed by atoms with Gasteiger partial charge in [-0.05, 0) is 39.8 Å². The van der Waals surface area contributed by atoms with E-state index in [-0.39, 0.29) is 12.5 Å². The fourth-order valence-electron chi connectivity index (χ4n) is 2.19. The number of nitrogens with zero attached hydrogens (tertiary/aromatic N) is 1. The number of nitrogens with one attached hydrogen (secondary N) is 1. The predicted molar refractivity (Wildman–Crippen MR) is 64.6 cm³/mol. The molecular weight excluding hydrogens is 204 g/mol. The number of hydrogen-bond acceptors (Lipinski definition) is 3. The number of likely N-dealkylation sites (tertiary alicyclic amines) is 1. The first-order chi connectivity index (χ1) is 7.59. The minimum atomic E-state index is -0.731. The van der Waals surface area contributed by atoms with E-state index in [1.807, 2.05) is 6.92 Å². The molecule has 1 aliphatic rings. The lowest BCUT2D eigenvalue weighted by molar-refractivity contribution is -0.137. The first-order valence-electron chi connectivity index (χ1n) is 6.29. The number of carboxylic acid groups (broad SMARTS) is 1. The van der Waals surface area contributed by atoms with Crippen LogP contribution in [0.5, 0.6) is 0 Å². The monoisotopic (exact) mass is 228 g/mol. The summed E-state index contributed by atoms with van der Waals surface area (Å²) in [6.45, 7) is 7.41. The Morgan fingerprint density at radius 3 is 2.50 bits per heavy atom. The van der Waals surface area contributed by atoms with Gasteiger partial charge in [0.2, 0.25) is 0 Å². The van der Waals surface area contributed by atoms with E-state index in [1.165, 1.54) is 32.4 Å². The van der Waals surface area contributed by atoms with Crippen molar-refractivity contribution in [1.29, 1.82) is 0 Å². The Bertz CT molecular complexity index is 215. The van der Waals surface area contributed by atoms with E-state index in [0.717, 1.165) is 6.54 Å². The number of piperidine rings is 1. The van der Waals surface area contributed by atoms with Crippen molar-refractivity contribution < 1.29 is 9.90 Å². The summed E-state index contributed by atoms with van der Waals surface area (Å²) >= 11 is 0.